The smallest absolute Gasteiger partial charge is 0.109 e. The molecule has 4 rings (SSSR count). The maximum absolute atomic E-state index is 4.79. The summed E-state index contributed by atoms with van der Waals surface area (Å²) in [5.74, 6) is 7.80. The second-order valence-electron chi connectivity index (χ2n) is 6.84. The molecule has 0 spiro atoms. The van der Waals surface area contributed by atoms with Gasteiger partial charge in [-0.1, -0.05) is 36.1 Å². The Hall–Kier alpha value is -2.79. The van der Waals surface area contributed by atoms with Crippen LogP contribution < -0.4 is 0 Å². The zero-order valence-corrected chi connectivity index (χ0v) is 14.8. The van der Waals surface area contributed by atoms with Gasteiger partial charge in [0.2, 0.25) is 0 Å². The van der Waals surface area contributed by atoms with Gasteiger partial charge in [0.25, 0.3) is 0 Å². The number of benzene rings is 2. The lowest BCUT2D eigenvalue weighted by Crippen LogP contribution is -2.08. The van der Waals surface area contributed by atoms with Gasteiger partial charge >= 0.3 is 0 Å². The standard InChI is InChI=1S/C23H22N2/c1-17-6-7-18(2)21(15-17)13-10-19-8-11-20(12-9-19)22-16-25-14-4-3-5-23(25)24-22/h6-9,11-12,15-16H,3-5,14H2,1-2H3. The van der Waals surface area contributed by atoms with E-state index in [-0.39, 0.29) is 0 Å². The number of nitrogens with zero attached hydrogens (tertiary/aromatic N) is 2. The molecule has 2 aromatic carbocycles. The van der Waals surface area contributed by atoms with Gasteiger partial charge in [-0.25, -0.2) is 4.98 Å². The van der Waals surface area contributed by atoms with Crippen LogP contribution in [0.15, 0.2) is 48.7 Å². The molecule has 0 atom stereocenters. The van der Waals surface area contributed by atoms with E-state index in [0.717, 1.165) is 29.8 Å². The molecule has 0 amide bonds. The molecule has 3 aromatic rings. The van der Waals surface area contributed by atoms with Crippen molar-refractivity contribution in [1.82, 2.24) is 9.55 Å². The lowest BCUT2D eigenvalue weighted by molar-refractivity contribution is 0.522. The Kier molecular flexibility index (Phi) is 4.15. The van der Waals surface area contributed by atoms with Crippen molar-refractivity contribution in [2.24, 2.45) is 0 Å². The molecule has 0 saturated carbocycles. The molecule has 25 heavy (non-hydrogen) atoms. The zero-order valence-electron chi connectivity index (χ0n) is 14.8. The highest BCUT2D eigenvalue weighted by molar-refractivity contribution is 5.60. The third-order valence-electron chi connectivity index (χ3n) is 4.82. The maximum Gasteiger partial charge on any atom is 0.109 e. The molecule has 1 aliphatic heterocycles. The van der Waals surface area contributed by atoms with Crippen LogP contribution in [0.4, 0.5) is 0 Å². The number of rotatable bonds is 1. The summed E-state index contributed by atoms with van der Waals surface area (Å²) in [4.78, 5) is 4.79. The Morgan fingerprint density at radius 1 is 0.960 bits per heavy atom. The average Bonchev–Trinajstić information content (AvgIpc) is 3.07. The zero-order chi connectivity index (χ0) is 17.2. The summed E-state index contributed by atoms with van der Waals surface area (Å²) < 4.78 is 2.30. The molecule has 2 heteroatoms. The minimum absolute atomic E-state index is 1.04. The first-order valence-corrected chi connectivity index (χ1v) is 8.95. The topological polar surface area (TPSA) is 17.8 Å². The van der Waals surface area contributed by atoms with E-state index in [1.165, 1.54) is 35.4 Å². The minimum Gasteiger partial charge on any atom is -0.334 e. The van der Waals surface area contributed by atoms with Crippen molar-refractivity contribution in [2.75, 3.05) is 0 Å². The average molecular weight is 326 g/mol. The minimum atomic E-state index is 1.04. The van der Waals surface area contributed by atoms with Crippen molar-refractivity contribution in [2.45, 2.75) is 39.7 Å². The normalized spacial score (nSPS) is 13.0. The van der Waals surface area contributed by atoms with E-state index >= 15 is 0 Å². The van der Waals surface area contributed by atoms with Gasteiger partial charge < -0.3 is 4.57 Å². The van der Waals surface area contributed by atoms with Gasteiger partial charge in [0, 0.05) is 35.9 Å². The first-order chi connectivity index (χ1) is 12.2. The highest BCUT2D eigenvalue weighted by Crippen LogP contribution is 2.22. The van der Waals surface area contributed by atoms with E-state index in [2.05, 4.69) is 78.9 Å². The van der Waals surface area contributed by atoms with Crippen LogP contribution in [0.25, 0.3) is 11.3 Å². The van der Waals surface area contributed by atoms with Crippen molar-refractivity contribution in [1.29, 1.82) is 0 Å². The Labute approximate surface area is 149 Å². The Morgan fingerprint density at radius 2 is 1.80 bits per heavy atom. The van der Waals surface area contributed by atoms with Crippen LogP contribution in [-0.4, -0.2) is 9.55 Å². The van der Waals surface area contributed by atoms with E-state index in [4.69, 9.17) is 4.98 Å². The van der Waals surface area contributed by atoms with Gasteiger partial charge in [0.05, 0.1) is 5.69 Å². The second-order valence-corrected chi connectivity index (χ2v) is 6.84. The van der Waals surface area contributed by atoms with E-state index in [9.17, 15) is 0 Å². The predicted octanol–water partition coefficient (Wildman–Crippen LogP) is 4.90. The van der Waals surface area contributed by atoms with Crippen LogP contribution >= 0.6 is 0 Å². The van der Waals surface area contributed by atoms with Gasteiger partial charge in [0.1, 0.15) is 5.82 Å². The summed E-state index contributed by atoms with van der Waals surface area (Å²) in [7, 11) is 0. The number of fused-ring (bicyclic) bond motifs is 1. The number of hydrogen-bond acceptors (Lipinski definition) is 1. The molecule has 1 aliphatic rings. The summed E-state index contributed by atoms with van der Waals surface area (Å²) in [5.41, 5.74) is 6.84. The Balaban J connectivity index is 1.57. The quantitative estimate of drug-likeness (QED) is 0.581. The maximum atomic E-state index is 4.79. The molecule has 0 bridgehead atoms. The Bertz CT molecular complexity index is 942. The molecule has 124 valence electrons. The van der Waals surface area contributed by atoms with Crippen LogP contribution in [0.1, 0.15) is 40.9 Å². The first kappa shape index (κ1) is 15.7. The lowest BCUT2D eigenvalue weighted by atomic mass is 10.1. The van der Waals surface area contributed by atoms with Gasteiger partial charge in [-0.3, -0.25) is 0 Å². The number of aromatic nitrogens is 2. The monoisotopic (exact) mass is 326 g/mol. The van der Waals surface area contributed by atoms with Gasteiger partial charge in [-0.05, 0) is 56.0 Å². The molecular formula is C23H22N2. The van der Waals surface area contributed by atoms with E-state index < -0.39 is 0 Å². The third-order valence-corrected chi connectivity index (χ3v) is 4.82. The summed E-state index contributed by atoms with van der Waals surface area (Å²) in [6.45, 7) is 5.30. The molecule has 2 heterocycles. The highest BCUT2D eigenvalue weighted by atomic mass is 15.1. The molecule has 2 nitrogen and oxygen atoms in total. The summed E-state index contributed by atoms with van der Waals surface area (Å²) >= 11 is 0. The molecule has 0 aliphatic carbocycles. The molecule has 1 aromatic heterocycles. The van der Waals surface area contributed by atoms with Crippen molar-refractivity contribution in [3.05, 3.63) is 76.7 Å². The van der Waals surface area contributed by atoms with Crippen molar-refractivity contribution in [3.63, 3.8) is 0 Å². The molecule has 0 unspecified atom stereocenters. The highest BCUT2D eigenvalue weighted by Gasteiger charge is 2.12. The molecule has 0 fully saturated rings. The second kappa shape index (κ2) is 6.61. The molecular weight excluding hydrogens is 304 g/mol. The summed E-state index contributed by atoms with van der Waals surface area (Å²) in [6, 6.07) is 14.8. The fourth-order valence-corrected chi connectivity index (χ4v) is 3.29. The van der Waals surface area contributed by atoms with E-state index in [0.29, 0.717) is 0 Å². The fraction of sp³-hybridized carbons (Fsp3) is 0.261. The number of hydrogen-bond donors (Lipinski definition) is 0. The van der Waals surface area contributed by atoms with E-state index in [1.807, 2.05) is 0 Å². The van der Waals surface area contributed by atoms with Crippen molar-refractivity contribution in [3.8, 4) is 23.1 Å². The number of imidazole rings is 1. The predicted molar refractivity (Wildman–Crippen MR) is 102 cm³/mol. The van der Waals surface area contributed by atoms with Crippen LogP contribution in [0.2, 0.25) is 0 Å². The fourth-order valence-electron chi connectivity index (χ4n) is 3.29. The van der Waals surface area contributed by atoms with Crippen LogP contribution in [0, 0.1) is 25.7 Å². The Morgan fingerprint density at radius 3 is 2.60 bits per heavy atom. The van der Waals surface area contributed by atoms with Crippen LogP contribution in [0.5, 0.6) is 0 Å². The van der Waals surface area contributed by atoms with Crippen molar-refractivity contribution < 1.29 is 0 Å². The SMILES string of the molecule is Cc1ccc(C)c(C#Cc2ccc(-c3cn4c(n3)CCCC4)cc2)c1. The van der Waals surface area contributed by atoms with Gasteiger partial charge in [-0.2, -0.15) is 0 Å². The molecule has 0 N–H and O–H groups in total. The largest absolute Gasteiger partial charge is 0.334 e. The van der Waals surface area contributed by atoms with Crippen molar-refractivity contribution >= 4 is 0 Å². The first-order valence-electron chi connectivity index (χ1n) is 8.95. The number of aryl methyl sites for hydroxylation is 4. The lowest BCUT2D eigenvalue weighted by Gasteiger charge is -2.11. The van der Waals surface area contributed by atoms with E-state index in [1.54, 1.807) is 0 Å². The van der Waals surface area contributed by atoms with Gasteiger partial charge in [0.15, 0.2) is 0 Å². The van der Waals surface area contributed by atoms with Crippen LogP contribution in [-0.2, 0) is 13.0 Å². The molecule has 0 radical (unpaired) electrons. The summed E-state index contributed by atoms with van der Waals surface area (Å²) in [5, 5.41) is 0. The summed E-state index contributed by atoms with van der Waals surface area (Å²) in [6.07, 6.45) is 5.80. The van der Waals surface area contributed by atoms with Crippen LogP contribution in [0.3, 0.4) is 0 Å². The third kappa shape index (κ3) is 3.37. The molecule has 0 saturated heterocycles. The van der Waals surface area contributed by atoms with Gasteiger partial charge in [-0.15, -0.1) is 0 Å².